The molecule has 39 heavy (non-hydrogen) atoms. The van der Waals surface area contributed by atoms with Crippen LogP contribution in [0.1, 0.15) is 30.4 Å². The lowest BCUT2D eigenvalue weighted by Crippen LogP contribution is -2.28. The van der Waals surface area contributed by atoms with Crippen LogP contribution < -0.4 is 20.1 Å². The highest BCUT2D eigenvalue weighted by molar-refractivity contribution is 6.32. The maximum absolute atomic E-state index is 13.2. The molecule has 0 radical (unpaired) electrons. The molecule has 0 spiro atoms. The van der Waals surface area contributed by atoms with Crippen LogP contribution in [-0.2, 0) is 11.3 Å². The summed E-state index contributed by atoms with van der Waals surface area (Å²) < 4.78 is 24.2. The minimum Gasteiger partial charge on any atom is -0.490 e. The molecule has 1 heterocycles. The van der Waals surface area contributed by atoms with Gasteiger partial charge in [-0.1, -0.05) is 53.5 Å². The first-order chi connectivity index (χ1) is 18.9. The number of halogens is 3. The Morgan fingerprint density at radius 1 is 1.00 bits per heavy atom. The lowest BCUT2D eigenvalue weighted by atomic mass is 9.94. The molecular formula is C30H31Cl2FN2O4. The third-order valence-corrected chi connectivity index (χ3v) is 6.98. The third kappa shape index (κ3) is 8.97. The van der Waals surface area contributed by atoms with E-state index in [9.17, 15) is 14.3 Å². The Bertz CT molecular complexity index is 1300. The molecule has 0 unspecified atom stereocenters. The molecule has 6 nitrogen and oxygen atoms in total. The summed E-state index contributed by atoms with van der Waals surface area (Å²) in [5.74, 6) is -0.404. The van der Waals surface area contributed by atoms with Crippen molar-refractivity contribution in [3.05, 3.63) is 99.3 Å². The number of nitrogens with one attached hydrogen (secondary N) is 2. The van der Waals surface area contributed by atoms with Gasteiger partial charge in [-0.25, -0.2) is 9.18 Å². The third-order valence-electron chi connectivity index (χ3n) is 6.30. The topological polar surface area (TPSA) is 79.8 Å². The summed E-state index contributed by atoms with van der Waals surface area (Å²) in [4.78, 5) is 11.4. The van der Waals surface area contributed by atoms with Crippen molar-refractivity contribution in [2.75, 3.05) is 26.3 Å². The van der Waals surface area contributed by atoms with Gasteiger partial charge in [0.25, 0.3) is 0 Å². The van der Waals surface area contributed by atoms with Crippen LogP contribution in [0.3, 0.4) is 0 Å². The zero-order valence-electron chi connectivity index (χ0n) is 21.4. The second-order valence-corrected chi connectivity index (χ2v) is 10.0. The Labute approximate surface area is 237 Å². The Hall–Kier alpha value is -3.10. The second kappa shape index (κ2) is 14.3. The molecule has 1 aliphatic heterocycles. The highest BCUT2D eigenvalue weighted by atomic mass is 35.5. The number of ether oxygens (including phenoxy) is 2. The molecule has 0 bridgehead atoms. The van der Waals surface area contributed by atoms with E-state index in [0.29, 0.717) is 29.3 Å². The van der Waals surface area contributed by atoms with Gasteiger partial charge in [-0.3, -0.25) is 0 Å². The van der Waals surface area contributed by atoms with E-state index in [2.05, 4.69) is 16.7 Å². The molecule has 0 amide bonds. The van der Waals surface area contributed by atoms with Gasteiger partial charge in [0.05, 0.1) is 10.6 Å². The SMILES string of the molecule is Clc1ccccc1CNC1CC1.O=C(O)C1=C(c2ccc(OCCOc3cc(F)ccc3Cl)cc2)CCNC1. The molecule has 1 aliphatic carbocycles. The van der Waals surface area contributed by atoms with E-state index in [-0.39, 0.29) is 19.0 Å². The number of carboxylic acids is 1. The molecule has 2 aliphatic rings. The van der Waals surface area contributed by atoms with Crippen molar-refractivity contribution in [2.45, 2.75) is 31.8 Å². The molecule has 9 heteroatoms. The van der Waals surface area contributed by atoms with Crippen LogP contribution in [0.25, 0.3) is 5.57 Å². The Morgan fingerprint density at radius 2 is 1.74 bits per heavy atom. The minimum absolute atomic E-state index is 0.213. The largest absolute Gasteiger partial charge is 0.490 e. The Kier molecular flexibility index (Phi) is 10.6. The van der Waals surface area contributed by atoms with Crippen LogP contribution in [-0.4, -0.2) is 43.4 Å². The summed E-state index contributed by atoms with van der Waals surface area (Å²) in [5.41, 5.74) is 3.32. The number of benzene rings is 3. The van der Waals surface area contributed by atoms with E-state index in [1.54, 1.807) is 12.1 Å². The van der Waals surface area contributed by atoms with Gasteiger partial charge in [0.1, 0.15) is 30.5 Å². The minimum atomic E-state index is -0.898. The summed E-state index contributed by atoms with van der Waals surface area (Å²) in [6.45, 7) is 2.50. The van der Waals surface area contributed by atoms with Crippen molar-refractivity contribution in [2.24, 2.45) is 0 Å². The normalized spacial score (nSPS) is 14.8. The first kappa shape index (κ1) is 28.9. The monoisotopic (exact) mass is 572 g/mol. The fourth-order valence-corrected chi connectivity index (χ4v) is 4.42. The standard InChI is InChI=1S/C20H19ClFNO4.C10H12ClN/c21-18-6-3-14(22)11-19(18)27-10-9-26-15-4-1-13(2-5-15)16-7-8-23-12-17(16)20(24)25;11-10-4-2-1-3-8(10)7-12-9-5-6-9/h1-6,11,23H,7-10,12H2,(H,24,25);1-4,9,12H,5-7H2. The zero-order chi connectivity index (χ0) is 27.6. The smallest absolute Gasteiger partial charge is 0.333 e. The molecule has 1 saturated carbocycles. The number of aliphatic carboxylic acids is 1. The van der Waals surface area contributed by atoms with E-state index in [1.807, 2.05) is 30.3 Å². The summed E-state index contributed by atoms with van der Waals surface area (Å²) in [5, 5.41) is 17.0. The summed E-state index contributed by atoms with van der Waals surface area (Å²) in [7, 11) is 0. The quantitative estimate of drug-likeness (QED) is 0.245. The van der Waals surface area contributed by atoms with Crippen molar-refractivity contribution < 1.29 is 23.8 Å². The van der Waals surface area contributed by atoms with Crippen LogP contribution in [0.15, 0.2) is 72.3 Å². The van der Waals surface area contributed by atoms with Gasteiger partial charge in [0.15, 0.2) is 0 Å². The lowest BCUT2D eigenvalue weighted by molar-refractivity contribution is -0.132. The van der Waals surface area contributed by atoms with Gasteiger partial charge in [0.2, 0.25) is 0 Å². The first-order valence-electron chi connectivity index (χ1n) is 12.8. The Morgan fingerprint density at radius 3 is 2.46 bits per heavy atom. The number of carbonyl (C=O) groups is 1. The molecule has 1 fully saturated rings. The molecule has 206 valence electrons. The van der Waals surface area contributed by atoms with Crippen molar-refractivity contribution >= 4 is 34.7 Å². The predicted octanol–water partition coefficient (Wildman–Crippen LogP) is 6.36. The van der Waals surface area contributed by atoms with Crippen molar-refractivity contribution in [1.29, 1.82) is 0 Å². The number of carboxylic acid groups (broad SMARTS) is 1. The van der Waals surface area contributed by atoms with Crippen LogP contribution >= 0.6 is 23.2 Å². The van der Waals surface area contributed by atoms with E-state index in [0.717, 1.165) is 35.3 Å². The van der Waals surface area contributed by atoms with Gasteiger partial charge in [-0.2, -0.15) is 0 Å². The van der Waals surface area contributed by atoms with Crippen molar-refractivity contribution in [3.8, 4) is 11.5 Å². The molecule has 3 N–H and O–H groups in total. The molecule has 0 saturated heterocycles. The fourth-order valence-electron chi connectivity index (χ4n) is 4.04. The van der Waals surface area contributed by atoms with Gasteiger partial charge >= 0.3 is 5.97 Å². The molecule has 3 aromatic carbocycles. The highest BCUT2D eigenvalue weighted by Gasteiger charge is 2.20. The Balaban J connectivity index is 0.000000243. The van der Waals surface area contributed by atoms with Crippen LogP contribution in [0.4, 0.5) is 4.39 Å². The highest BCUT2D eigenvalue weighted by Crippen LogP contribution is 2.27. The number of rotatable bonds is 10. The summed E-state index contributed by atoms with van der Waals surface area (Å²) in [6.07, 6.45) is 3.32. The number of hydrogen-bond acceptors (Lipinski definition) is 5. The van der Waals surface area contributed by atoms with Gasteiger partial charge in [-0.15, -0.1) is 0 Å². The van der Waals surface area contributed by atoms with Crippen molar-refractivity contribution in [1.82, 2.24) is 10.6 Å². The van der Waals surface area contributed by atoms with Crippen LogP contribution in [0, 0.1) is 5.82 Å². The average molecular weight is 573 g/mol. The van der Waals surface area contributed by atoms with Crippen LogP contribution in [0.2, 0.25) is 10.0 Å². The first-order valence-corrected chi connectivity index (χ1v) is 13.6. The van der Waals surface area contributed by atoms with Gasteiger partial charge < -0.3 is 25.2 Å². The number of hydrogen-bond donors (Lipinski definition) is 3. The van der Waals surface area contributed by atoms with Crippen LogP contribution in [0.5, 0.6) is 11.5 Å². The maximum Gasteiger partial charge on any atom is 0.333 e. The second-order valence-electron chi connectivity index (χ2n) is 9.23. The summed E-state index contributed by atoms with van der Waals surface area (Å²) >= 11 is 11.9. The summed E-state index contributed by atoms with van der Waals surface area (Å²) in [6, 6.07) is 19.9. The molecule has 0 aromatic heterocycles. The molecule has 0 atom stereocenters. The maximum atomic E-state index is 13.2. The zero-order valence-corrected chi connectivity index (χ0v) is 22.9. The lowest BCUT2D eigenvalue weighted by Gasteiger charge is -2.19. The molecule has 5 rings (SSSR count). The van der Waals surface area contributed by atoms with E-state index in [1.165, 1.54) is 36.6 Å². The van der Waals surface area contributed by atoms with Crippen molar-refractivity contribution in [3.63, 3.8) is 0 Å². The average Bonchev–Trinajstić information content (AvgIpc) is 3.78. The van der Waals surface area contributed by atoms with E-state index >= 15 is 0 Å². The van der Waals surface area contributed by atoms with Gasteiger partial charge in [-0.05, 0) is 72.8 Å². The van der Waals surface area contributed by atoms with E-state index in [4.69, 9.17) is 32.7 Å². The predicted molar refractivity (Wildman–Crippen MR) is 152 cm³/mol. The fraction of sp³-hybridized carbons (Fsp3) is 0.300. The van der Waals surface area contributed by atoms with E-state index < -0.39 is 11.8 Å². The van der Waals surface area contributed by atoms with Gasteiger partial charge in [0, 0.05) is 30.2 Å². The molecule has 3 aromatic rings. The molecular weight excluding hydrogens is 542 g/mol.